The van der Waals surface area contributed by atoms with E-state index < -0.39 is 45.8 Å². The van der Waals surface area contributed by atoms with Crippen LogP contribution in [0.15, 0.2) is 48.5 Å². The highest BCUT2D eigenvalue weighted by Gasteiger charge is 2.51. The van der Waals surface area contributed by atoms with E-state index in [9.17, 15) is 22.4 Å². The molecule has 4 bridgehead atoms. The van der Waals surface area contributed by atoms with Crippen LogP contribution in [0.5, 0.6) is 0 Å². The number of hydrogen-bond donors (Lipinski definition) is 1. The van der Waals surface area contributed by atoms with Crippen LogP contribution in [0, 0.1) is 23.6 Å². The average molecular weight is 598 g/mol. The fourth-order valence-electron chi connectivity index (χ4n) is 7.93. The smallest absolute Gasteiger partial charge is 0.244 e. The molecule has 42 heavy (non-hydrogen) atoms. The SMILES string of the molecule is CC(C(=O)NC(C)(C)C)N(Cc1ccccc1F)C(=O)CN(c1ccc(C23CC4CC(CC(C4)C2)C3)cc1)S(C)(=O)=O. The van der Waals surface area contributed by atoms with E-state index in [-0.39, 0.29) is 17.5 Å². The van der Waals surface area contributed by atoms with Gasteiger partial charge in [-0.15, -0.1) is 0 Å². The van der Waals surface area contributed by atoms with Gasteiger partial charge in [-0.1, -0.05) is 30.3 Å². The van der Waals surface area contributed by atoms with Gasteiger partial charge in [-0.3, -0.25) is 13.9 Å². The maximum absolute atomic E-state index is 14.6. The molecule has 4 saturated carbocycles. The van der Waals surface area contributed by atoms with Crippen LogP contribution in [-0.4, -0.2) is 49.5 Å². The Bertz CT molecular complexity index is 1400. The summed E-state index contributed by atoms with van der Waals surface area (Å²) in [7, 11) is -3.85. The van der Waals surface area contributed by atoms with Gasteiger partial charge in [0.15, 0.2) is 0 Å². The summed E-state index contributed by atoms with van der Waals surface area (Å²) in [6, 6.07) is 12.8. The van der Waals surface area contributed by atoms with Crippen molar-refractivity contribution in [3.63, 3.8) is 0 Å². The van der Waals surface area contributed by atoms with Crippen LogP contribution in [0.1, 0.15) is 77.3 Å². The topological polar surface area (TPSA) is 86.8 Å². The lowest BCUT2D eigenvalue weighted by molar-refractivity contribution is -0.140. The largest absolute Gasteiger partial charge is 0.350 e. The lowest BCUT2D eigenvalue weighted by Gasteiger charge is -2.57. The molecule has 0 radical (unpaired) electrons. The number of nitrogens with one attached hydrogen (secondary N) is 1. The van der Waals surface area contributed by atoms with Crippen LogP contribution < -0.4 is 9.62 Å². The van der Waals surface area contributed by atoms with E-state index in [1.807, 2.05) is 32.9 Å². The maximum Gasteiger partial charge on any atom is 0.244 e. The third-order valence-electron chi connectivity index (χ3n) is 9.45. The highest BCUT2D eigenvalue weighted by molar-refractivity contribution is 7.92. The second-order valence-corrected chi connectivity index (χ2v) is 15.9. The summed E-state index contributed by atoms with van der Waals surface area (Å²) in [5, 5.41) is 2.87. The van der Waals surface area contributed by atoms with E-state index in [0.29, 0.717) is 5.69 Å². The summed E-state index contributed by atoms with van der Waals surface area (Å²) in [4.78, 5) is 28.2. The third-order valence-corrected chi connectivity index (χ3v) is 10.6. The number of carbonyl (C=O) groups excluding carboxylic acids is 2. The second kappa shape index (κ2) is 11.3. The van der Waals surface area contributed by atoms with Crippen molar-refractivity contribution >= 4 is 27.5 Å². The van der Waals surface area contributed by atoms with Gasteiger partial charge in [0, 0.05) is 17.6 Å². The number of rotatable bonds is 9. The zero-order valence-corrected chi connectivity index (χ0v) is 26.2. The summed E-state index contributed by atoms with van der Waals surface area (Å²) in [5.41, 5.74) is 1.53. The number of sulfonamides is 1. The Hall–Kier alpha value is -2.94. The average Bonchev–Trinajstić information content (AvgIpc) is 2.88. The molecule has 4 fully saturated rings. The molecule has 2 amide bonds. The lowest BCUT2D eigenvalue weighted by atomic mass is 9.48. The molecular weight excluding hydrogens is 553 g/mol. The quantitative estimate of drug-likeness (QED) is 0.420. The van der Waals surface area contributed by atoms with E-state index >= 15 is 0 Å². The second-order valence-electron chi connectivity index (χ2n) is 14.0. The molecule has 9 heteroatoms. The van der Waals surface area contributed by atoms with Crippen LogP contribution in [0.2, 0.25) is 0 Å². The van der Waals surface area contributed by atoms with Crippen LogP contribution in [0.3, 0.4) is 0 Å². The highest BCUT2D eigenvalue weighted by Crippen LogP contribution is 2.60. The molecule has 0 heterocycles. The first-order valence-corrected chi connectivity index (χ1v) is 16.9. The predicted molar refractivity (Wildman–Crippen MR) is 163 cm³/mol. The van der Waals surface area contributed by atoms with Crippen molar-refractivity contribution in [1.29, 1.82) is 0 Å². The molecule has 2 aromatic carbocycles. The molecular formula is C33H44FN3O4S. The van der Waals surface area contributed by atoms with Crippen molar-refractivity contribution in [3.8, 4) is 0 Å². The first kappa shape index (κ1) is 30.5. The monoisotopic (exact) mass is 597 g/mol. The molecule has 0 aliphatic heterocycles. The first-order chi connectivity index (χ1) is 19.6. The van der Waals surface area contributed by atoms with Crippen LogP contribution in [0.4, 0.5) is 10.1 Å². The van der Waals surface area contributed by atoms with E-state index in [2.05, 4.69) is 5.32 Å². The van der Waals surface area contributed by atoms with Crippen molar-refractivity contribution in [2.24, 2.45) is 17.8 Å². The van der Waals surface area contributed by atoms with Crippen LogP contribution in [0.25, 0.3) is 0 Å². The minimum atomic E-state index is -3.85. The summed E-state index contributed by atoms with van der Waals surface area (Å²) >= 11 is 0. The Morgan fingerprint density at radius 1 is 0.976 bits per heavy atom. The van der Waals surface area contributed by atoms with Gasteiger partial charge in [0.25, 0.3) is 0 Å². The van der Waals surface area contributed by atoms with Gasteiger partial charge in [-0.05, 0) is 113 Å². The summed E-state index contributed by atoms with van der Waals surface area (Å²) < 4.78 is 41.7. The van der Waals surface area contributed by atoms with Gasteiger partial charge in [-0.25, -0.2) is 12.8 Å². The molecule has 2 aromatic rings. The minimum absolute atomic E-state index is 0.172. The van der Waals surface area contributed by atoms with Gasteiger partial charge < -0.3 is 10.2 Å². The molecule has 228 valence electrons. The molecule has 0 spiro atoms. The number of amides is 2. The van der Waals surface area contributed by atoms with Crippen LogP contribution >= 0.6 is 0 Å². The first-order valence-electron chi connectivity index (χ1n) is 15.1. The van der Waals surface area contributed by atoms with Crippen molar-refractivity contribution in [1.82, 2.24) is 10.2 Å². The van der Waals surface area contributed by atoms with E-state index in [4.69, 9.17) is 0 Å². The fourth-order valence-corrected chi connectivity index (χ4v) is 8.78. The number of halogens is 1. The number of anilines is 1. The fraction of sp³-hybridized carbons (Fsp3) is 0.576. The number of benzene rings is 2. The molecule has 6 rings (SSSR count). The summed E-state index contributed by atoms with van der Waals surface area (Å²) in [6.07, 6.45) is 8.71. The normalized spacial score (nSPS) is 25.6. The zero-order valence-electron chi connectivity index (χ0n) is 25.4. The third kappa shape index (κ3) is 6.51. The lowest BCUT2D eigenvalue weighted by Crippen LogP contribution is -2.54. The maximum atomic E-state index is 14.6. The molecule has 0 saturated heterocycles. The summed E-state index contributed by atoms with van der Waals surface area (Å²) in [5.74, 6) is 0.874. The molecule has 1 N–H and O–H groups in total. The van der Waals surface area contributed by atoms with Gasteiger partial charge >= 0.3 is 0 Å². The van der Waals surface area contributed by atoms with Gasteiger partial charge in [0.1, 0.15) is 18.4 Å². The zero-order chi connectivity index (χ0) is 30.4. The van der Waals surface area contributed by atoms with Crippen molar-refractivity contribution in [2.45, 2.75) is 89.8 Å². The number of nitrogens with zero attached hydrogens (tertiary/aromatic N) is 2. The minimum Gasteiger partial charge on any atom is -0.350 e. The molecule has 7 nitrogen and oxygen atoms in total. The van der Waals surface area contributed by atoms with Crippen LogP contribution in [-0.2, 0) is 31.6 Å². The van der Waals surface area contributed by atoms with E-state index in [1.54, 1.807) is 37.3 Å². The van der Waals surface area contributed by atoms with Gasteiger partial charge in [0.2, 0.25) is 21.8 Å². The Labute approximate surface area is 249 Å². The van der Waals surface area contributed by atoms with Gasteiger partial charge in [0.05, 0.1) is 11.9 Å². The highest BCUT2D eigenvalue weighted by atomic mass is 32.2. The Morgan fingerprint density at radius 3 is 2.02 bits per heavy atom. The molecule has 1 unspecified atom stereocenters. The van der Waals surface area contributed by atoms with Crippen molar-refractivity contribution < 1.29 is 22.4 Å². The van der Waals surface area contributed by atoms with Crippen molar-refractivity contribution in [3.05, 3.63) is 65.5 Å². The summed E-state index contributed by atoms with van der Waals surface area (Å²) in [6.45, 7) is 6.39. The van der Waals surface area contributed by atoms with E-state index in [1.165, 1.54) is 55.1 Å². The molecule has 4 aliphatic rings. The predicted octanol–water partition coefficient (Wildman–Crippen LogP) is 5.39. The Kier molecular flexibility index (Phi) is 8.20. The number of carbonyl (C=O) groups is 2. The standard InChI is InChI=1S/C33H44FN3O4S/c1-22(31(39)35-32(2,3)4)36(20-26-8-6-7-9-29(26)34)30(38)21-37(42(5,40)41)28-12-10-27(11-13-28)33-17-23-14-24(18-33)16-25(15-23)19-33/h6-13,22-25H,14-21H2,1-5H3,(H,35,39). The Morgan fingerprint density at radius 2 is 1.52 bits per heavy atom. The Balaban J connectivity index is 1.40. The van der Waals surface area contributed by atoms with Crippen molar-refractivity contribution in [2.75, 3.05) is 17.1 Å². The van der Waals surface area contributed by atoms with E-state index in [0.717, 1.165) is 28.3 Å². The molecule has 4 aliphatic carbocycles. The molecule has 1 atom stereocenters. The molecule has 0 aromatic heterocycles. The number of hydrogen-bond acceptors (Lipinski definition) is 4. The van der Waals surface area contributed by atoms with Gasteiger partial charge in [-0.2, -0.15) is 0 Å².